The molecule has 4 rings (SSSR count). The van der Waals surface area contributed by atoms with Crippen LogP contribution in [0.4, 0.5) is 0 Å². The molecule has 1 aliphatic heterocycles. The lowest BCUT2D eigenvalue weighted by Crippen LogP contribution is -2.36. The van der Waals surface area contributed by atoms with Gasteiger partial charge in [-0.2, -0.15) is 5.10 Å². The van der Waals surface area contributed by atoms with Gasteiger partial charge in [-0.25, -0.2) is 0 Å². The number of benzene rings is 1. The molecule has 1 saturated heterocycles. The molecule has 0 radical (unpaired) electrons. The average molecular weight is 307 g/mol. The van der Waals surface area contributed by atoms with Gasteiger partial charge in [0.05, 0.1) is 23.4 Å². The molecule has 0 unspecified atom stereocenters. The van der Waals surface area contributed by atoms with Gasteiger partial charge in [0.1, 0.15) is 0 Å². The largest absolute Gasteiger partial charge is 0.303 e. The van der Waals surface area contributed by atoms with Gasteiger partial charge in [-0.05, 0) is 18.9 Å². The molecule has 0 spiro atoms. The Bertz CT molecular complexity index is 759. The van der Waals surface area contributed by atoms with Gasteiger partial charge in [-0.1, -0.05) is 18.2 Å². The molecule has 0 atom stereocenters. The number of hydrogen-bond acceptors (Lipinski definition) is 4. The molecule has 1 aliphatic rings. The van der Waals surface area contributed by atoms with Crippen LogP contribution in [0.1, 0.15) is 24.6 Å². The monoisotopic (exact) mass is 307 g/mol. The van der Waals surface area contributed by atoms with E-state index in [-0.39, 0.29) is 0 Å². The summed E-state index contributed by atoms with van der Waals surface area (Å²) < 4.78 is 2.22. The standard InChI is InChI=1S/C18H21N5/c1-2-4-18-15(3-1)13-21-23(18)17-6-11-22(12-7-17)10-5-16-14-19-8-9-20-16/h1-4,8-9,13-14,17H,5-7,10-12H2. The van der Waals surface area contributed by atoms with Crippen molar-refractivity contribution < 1.29 is 0 Å². The minimum absolute atomic E-state index is 0.516. The number of para-hydroxylation sites is 1. The first-order chi connectivity index (χ1) is 11.4. The van der Waals surface area contributed by atoms with Gasteiger partial charge in [0.25, 0.3) is 0 Å². The van der Waals surface area contributed by atoms with E-state index in [9.17, 15) is 0 Å². The van der Waals surface area contributed by atoms with Gasteiger partial charge in [0, 0.05) is 50.0 Å². The first-order valence-electron chi connectivity index (χ1n) is 8.29. The van der Waals surface area contributed by atoms with Crippen molar-refractivity contribution in [2.24, 2.45) is 0 Å². The summed E-state index contributed by atoms with van der Waals surface area (Å²) in [5, 5.41) is 5.85. The first kappa shape index (κ1) is 14.3. The van der Waals surface area contributed by atoms with E-state index in [1.54, 1.807) is 12.4 Å². The molecule has 0 amide bonds. The van der Waals surface area contributed by atoms with Crippen LogP contribution in [0.3, 0.4) is 0 Å². The van der Waals surface area contributed by atoms with Crippen molar-refractivity contribution in [3.8, 4) is 0 Å². The third-order valence-corrected chi connectivity index (χ3v) is 4.71. The Morgan fingerprint density at radius 1 is 1.04 bits per heavy atom. The van der Waals surface area contributed by atoms with Gasteiger partial charge in [-0.3, -0.25) is 14.6 Å². The van der Waals surface area contributed by atoms with Crippen LogP contribution in [0.25, 0.3) is 10.9 Å². The number of fused-ring (bicyclic) bond motifs is 1. The van der Waals surface area contributed by atoms with Gasteiger partial charge in [-0.15, -0.1) is 0 Å². The van der Waals surface area contributed by atoms with E-state index in [4.69, 9.17) is 0 Å². The Labute approximate surface area is 136 Å². The minimum Gasteiger partial charge on any atom is -0.303 e. The highest BCUT2D eigenvalue weighted by Crippen LogP contribution is 2.26. The Kier molecular flexibility index (Phi) is 4.03. The van der Waals surface area contributed by atoms with E-state index in [2.05, 4.69) is 48.9 Å². The van der Waals surface area contributed by atoms with Crippen molar-refractivity contribution in [1.82, 2.24) is 24.6 Å². The lowest BCUT2D eigenvalue weighted by molar-refractivity contribution is 0.183. The lowest BCUT2D eigenvalue weighted by atomic mass is 10.0. The molecule has 1 fully saturated rings. The number of hydrogen-bond donors (Lipinski definition) is 0. The molecule has 118 valence electrons. The summed E-state index contributed by atoms with van der Waals surface area (Å²) in [5.74, 6) is 0. The molecule has 3 heterocycles. The van der Waals surface area contributed by atoms with Crippen LogP contribution >= 0.6 is 0 Å². The summed E-state index contributed by atoms with van der Waals surface area (Å²) in [4.78, 5) is 11.0. The summed E-state index contributed by atoms with van der Waals surface area (Å²) >= 11 is 0. The summed E-state index contributed by atoms with van der Waals surface area (Å²) in [6, 6.07) is 8.99. The summed E-state index contributed by atoms with van der Waals surface area (Å²) in [5.41, 5.74) is 2.33. The Hall–Kier alpha value is -2.27. The maximum Gasteiger partial charge on any atom is 0.0685 e. The lowest BCUT2D eigenvalue weighted by Gasteiger charge is -2.32. The maximum absolute atomic E-state index is 4.62. The molecule has 0 N–H and O–H groups in total. The van der Waals surface area contributed by atoms with Crippen molar-refractivity contribution in [2.75, 3.05) is 19.6 Å². The van der Waals surface area contributed by atoms with Crippen LogP contribution < -0.4 is 0 Å². The predicted octanol–water partition coefficient (Wildman–Crippen LogP) is 2.71. The third kappa shape index (κ3) is 3.10. The first-order valence-corrected chi connectivity index (χ1v) is 8.29. The number of nitrogens with zero attached hydrogens (tertiary/aromatic N) is 5. The highest BCUT2D eigenvalue weighted by molar-refractivity contribution is 5.78. The minimum atomic E-state index is 0.516. The second-order valence-electron chi connectivity index (χ2n) is 6.17. The number of aromatic nitrogens is 4. The summed E-state index contributed by atoms with van der Waals surface area (Å²) in [7, 11) is 0. The fraction of sp³-hybridized carbons (Fsp3) is 0.389. The van der Waals surface area contributed by atoms with E-state index in [1.807, 2.05) is 12.4 Å². The van der Waals surface area contributed by atoms with Crippen molar-refractivity contribution in [3.63, 3.8) is 0 Å². The van der Waals surface area contributed by atoms with Crippen molar-refractivity contribution in [1.29, 1.82) is 0 Å². The number of likely N-dealkylation sites (tertiary alicyclic amines) is 1. The molecule has 0 saturated carbocycles. The van der Waals surface area contributed by atoms with Crippen LogP contribution in [-0.2, 0) is 6.42 Å². The normalized spacial score (nSPS) is 16.9. The molecule has 5 nitrogen and oxygen atoms in total. The zero-order valence-corrected chi connectivity index (χ0v) is 13.2. The smallest absolute Gasteiger partial charge is 0.0685 e. The van der Waals surface area contributed by atoms with Gasteiger partial charge in [0.15, 0.2) is 0 Å². The highest BCUT2D eigenvalue weighted by Gasteiger charge is 2.22. The second kappa shape index (κ2) is 6.46. The van der Waals surface area contributed by atoms with E-state index in [0.29, 0.717) is 6.04 Å². The molecule has 1 aromatic carbocycles. The van der Waals surface area contributed by atoms with Crippen LogP contribution in [0.2, 0.25) is 0 Å². The molecule has 23 heavy (non-hydrogen) atoms. The topological polar surface area (TPSA) is 46.8 Å². The van der Waals surface area contributed by atoms with Crippen molar-refractivity contribution in [3.05, 3.63) is 54.7 Å². The molecule has 0 aliphatic carbocycles. The van der Waals surface area contributed by atoms with Crippen molar-refractivity contribution >= 4 is 10.9 Å². The summed E-state index contributed by atoms with van der Waals surface area (Å²) in [6.07, 6.45) is 10.6. The Morgan fingerprint density at radius 2 is 1.91 bits per heavy atom. The fourth-order valence-electron chi connectivity index (χ4n) is 3.40. The van der Waals surface area contributed by atoms with Crippen LogP contribution in [-0.4, -0.2) is 44.3 Å². The molecule has 0 bridgehead atoms. The highest BCUT2D eigenvalue weighted by atomic mass is 15.3. The molecular weight excluding hydrogens is 286 g/mol. The van der Waals surface area contributed by atoms with E-state index in [0.717, 1.165) is 44.6 Å². The van der Waals surface area contributed by atoms with Crippen LogP contribution in [0.5, 0.6) is 0 Å². The molecule has 2 aromatic heterocycles. The van der Waals surface area contributed by atoms with E-state index in [1.165, 1.54) is 10.9 Å². The van der Waals surface area contributed by atoms with Gasteiger partial charge >= 0.3 is 0 Å². The Balaban J connectivity index is 1.36. The SMILES string of the molecule is c1ccc2c(c1)cnn2C1CCN(CCc2cnccn2)CC1. The van der Waals surface area contributed by atoms with E-state index < -0.39 is 0 Å². The zero-order valence-electron chi connectivity index (χ0n) is 13.2. The number of piperidine rings is 1. The predicted molar refractivity (Wildman–Crippen MR) is 90.2 cm³/mol. The van der Waals surface area contributed by atoms with Crippen molar-refractivity contribution in [2.45, 2.75) is 25.3 Å². The second-order valence-corrected chi connectivity index (χ2v) is 6.17. The van der Waals surface area contributed by atoms with Crippen LogP contribution in [0.15, 0.2) is 49.1 Å². The van der Waals surface area contributed by atoms with Gasteiger partial charge < -0.3 is 4.90 Å². The number of rotatable bonds is 4. The van der Waals surface area contributed by atoms with E-state index >= 15 is 0 Å². The fourth-order valence-corrected chi connectivity index (χ4v) is 3.40. The Morgan fingerprint density at radius 3 is 2.74 bits per heavy atom. The molecular formula is C18H21N5. The maximum atomic E-state index is 4.62. The zero-order chi connectivity index (χ0) is 15.5. The quantitative estimate of drug-likeness (QED) is 0.743. The van der Waals surface area contributed by atoms with Gasteiger partial charge in [0.2, 0.25) is 0 Å². The van der Waals surface area contributed by atoms with Crippen LogP contribution in [0, 0.1) is 0 Å². The average Bonchev–Trinajstić information content (AvgIpc) is 3.05. The third-order valence-electron chi connectivity index (χ3n) is 4.71. The molecule has 3 aromatic rings. The molecule has 5 heteroatoms. The summed E-state index contributed by atoms with van der Waals surface area (Å²) in [6.45, 7) is 3.31.